The first-order valence-corrected chi connectivity index (χ1v) is 7.17. The highest BCUT2D eigenvalue weighted by atomic mass is 79.9. The van der Waals surface area contributed by atoms with Crippen molar-refractivity contribution in [2.75, 3.05) is 0 Å². The van der Waals surface area contributed by atoms with E-state index in [2.05, 4.69) is 15.9 Å². The minimum absolute atomic E-state index is 0.146. The molecule has 0 spiro atoms. The van der Waals surface area contributed by atoms with Gasteiger partial charge in [-0.25, -0.2) is 0 Å². The molecule has 0 N–H and O–H groups in total. The Balaban J connectivity index is 2.43. The van der Waals surface area contributed by atoms with Crippen LogP contribution in [0.15, 0.2) is 28.7 Å². The molecular formula is C11H4BrCl3OS. The third-order valence-corrected chi connectivity index (χ3v) is 4.90. The largest absolute Gasteiger partial charge is 0.288 e. The van der Waals surface area contributed by atoms with Gasteiger partial charge >= 0.3 is 0 Å². The zero-order valence-electron chi connectivity index (χ0n) is 8.14. The molecule has 0 aliphatic carbocycles. The second-order valence-electron chi connectivity index (χ2n) is 3.22. The van der Waals surface area contributed by atoms with E-state index >= 15 is 0 Å². The average molecular weight is 370 g/mol. The van der Waals surface area contributed by atoms with Gasteiger partial charge in [-0.3, -0.25) is 4.79 Å². The van der Waals surface area contributed by atoms with Gasteiger partial charge in [0.25, 0.3) is 0 Å². The van der Waals surface area contributed by atoms with Crippen LogP contribution < -0.4 is 0 Å². The zero-order valence-corrected chi connectivity index (χ0v) is 12.8. The van der Waals surface area contributed by atoms with E-state index in [0.29, 0.717) is 29.3 Å². The Kier molecular flexibility index (Phi) is 4.16. The van der Waals surface area contributed by atoms with Crippen LogP contribution in [0.3, 0.4) is 0 Å². The number of carbonyl (C=O) groups is 1. The van der Waals surface area contributed by atoms with Gasteiger partial charge in [-0.1, -0.05) is 34.8 Å². The van der Waals surface area contributed by atoms with Crippen molar-refractivity contribution in [1.82, 2.24) is 0 Å². The fourth-order valence-electron chi connectivity index (χ4n) is 1.29. The molecular weight excluding hydrogens is 366 g/mol. The van der Waals surface area contributed by atoms with Crippen molar-refractivity contribution in [2.24, 2.45) is 0 Å². The summed E-state index contributed by atoms with van der Waals surface area (Å²) in [7, 11) is 0. The number of hydrogen-bond donors (Lipinski definition) is 0. The lowest BCUT2D eigenvalue weighted by molar-refractivity contribution is 0.104. The third kappa shape index (κ3) is 3.04. The number of rotatable bonds is 2. The summed E-state index contributed by atoms with van der Waals surface area (Å²) in [6, 6.07) is 6.43. The summed E-state index contributed by atoms with van der Waals surface area (Å²) in [5.41, 5.74) is 0.452. The molecule has 6 heteroatoms. The third-order valence-electron chi connectivity index (χ3n) is 1.99. The van der Waals surface area contributed by atoms with E-state index in [-0.39, 0.29) is 5.78 Å². The maximum atomic E-state index is 12.1. The predicted molar refractivity (Wildman–Crippen MR) is 76.9 cm³/mol. The van der Waals surface area contributed by atoms with Gasteiger partial charge in [0.1, 0.15) is 4.34 Å². The number of hydrogen-bond acceptors (Lipinski definition) is 2. The Morgan fingerprint density at radius 2 is 1.65 bits per heavy atom. The molecule has 88 valence electrons. The van der Waals surface area contributed by atoms with Gasteiger partial charge in [0, 0.05) is 20.1 Å². The molecule has 0 aliphatic rings. The fraction of sp³-hybridized carbons (Fsp3) is 0. The molecule has 0 radical (unpaired) electrons. The second kappa shape index (κ2) is 5.29. The molecule has 2 rings (SSSR count). The van der Waals surface area contributed by atoms with Crippen LogP contribution in [0, 0.1) is 0 Å². The van der Waals surface area contributed by atoms with Gasteiger partial charge in [0.2, 0.25) is 5.78 Å². The maximum absolute atomic E-state index is 12.1. The molecule has 0 unspecified atom stereocenters. The molecule has 0 amide bonds. The Labute approximate surface area is 125 Å². The van der Waals surface area contributed by atoms with Crippen LogP contribution >= 0.6 is 62.1 Å². The molecule has 0 bridgehead atoms. The monoisotopic (exact) mass is 368 g/mol. The van der Waals surface area contributed by atoms with Gasteiger partial charge in [-0.2, -0.15) is 0 Å². The van der Waals surface area contributed by atoms with Crippen molar-refractivity contribution in [3.63, 3.8) is 0 Å². The molecule has 1 aromatic carbocycles. The lowest BCUT2D eigenvalue weighted by Crippen LogP contribution is -1.98. The number of halogens is 4. The molecule has 0 saturated heterocycles. The van der Waals surface area contributed by atoms with E-state index in [1.165, 1.54) is 11.3 Å². The summed E-state index contributed by atoms with van der Waals surface area (Å²) < 4.78 is 1.25. The standard InChI is InChI=1S/C11H4BrCl3OS/c12-8-4-9(17-11(8)15)10(16)5-1-6(13)3-7(14)2-5/h1-4H. The van der Waals surface area contributed by atoms with E-state index in [4.69, 9.17) is 34.8 Å². The van der Waals surface area contributed by atoms with Crippen LogP contribution in [0.4, 0.5) is 0 Å². The van der Waals surface area contributed by atoms with Crippen molar-refractivity contribution in [2.45, 2.75) is 0 Å². The predicted octanol–water partition coefficient (Wildman–Crippen LogP) is 5.70. The van der Waals surface area contributed by atoms with Crippen LogP contribution in [-0.2, 0) is 0 Å². The number of benzene rings is 1. The first-order valence-electron chi connectivity index (χ1n) is 4.43. The normalized spacial score (nSPS) is 10.6. The summed E-state index contributed by atoms with van der Waals surface area (Å²) in [6.45, 7) is 0. The van der Waals surface area contributed by atoms with Gasteiger partial charge in [-0.05, 0) is 40.2 Å². The van der Waals surface area contributed by atoms with Crippen molar-refractivity contribution in [3.05, 3.63) is 53.6 Å². The van der Waals surface area contributed by atoms with Crippen molar-refractivity contribution < 1.29 is 4.79 Å². The van der Waals surface area contributed by atoms with Crippen LogP contribution in [0.2, 0.25) is 14.4 Å². The summed E-state index contributed by atoms with van der Waals surface area (Å²) in [5.74, 6) is -0.146. The minimum atomic E-state index is -0.146. The SMILES string of the molecule is O=C(c1cc(Cl)cc(Cl)c1)c1cc(Br)c(Cl)s1. The van der Waals surface area contributed by atoms with E-state index in [1.54, 1.807) is 24.3 Å². The lowest BCUT2D eigenvalue weighted by Gasteiger charge is -2.00. The van der Waals surface area contributed by atoms with Crippen LogP contribution in [0.5, 0.6) is 0 Å². The molecule has 0 atom stereocenters. The topological polar surface area (TPSA) is 17.1 Å². The Bertz CT molecular complexity index is 555. The van der Waals surface area contributed by atoms with E-state index in [1.807, 2.05) is 0 Å². The van der Waals surface area contributed by atoms with Crippen LogP contribution in [0.1, 0.15) is 15.2 Å². The molecule has 17 heavy (non-hydrogen) atoms. The first kappa shape index (κ1) is 13.4. The van der Waals surface area contributed by atoms with Crippen LogP contribution in [-0.4, -0.2) is 5.78 Å². The number of thiophene rings is 1. The molecule has 0 fully saturated rings. The Morgan fingerprint density at radius 1 is 1.06 bits per heavy atom. The van der Waals surface area contributed by atoms with Gasteiger partial charge in [0.05, 0.1) is 4.88 Å². The summed E-state index contributed by atoms with van der Waals surface area (Å²) >= 11 is 22.1. The second-order valence-corrected chi connectivity index (χ2v) is 6.60. The first-order chi connectivity index (χ1) is 7.97. The van der Waals surface area contributed by atoms with Gasteiger partial charge in [-0.15, -0.1) is 11.3 Å². The summed E-state index contributed by atoms with van der Waals surface area (Å²) in [4.78, 5) is 12.7. The summed E-state index contributed by atoms with van der Waals surface area (Å²) in [6.07, 6.45) is 0. The van der Waals surface area contributed by atoms with Crippen molar-refractivity contribution in [1.29, 1.82) is 0 Å². The molecule has 1 heterocycles. The molecule has 0 aliphatic heterocycles. The number of ketones is 1. The molecule has 2 aromatic rings. The van der Waals surface area contributed by atoms with E-state index in [0.717, 1.165) is 0 Å². The highest BCUT2D eigenvalue weighted by molar-refractivity contribution is 9.10. The van der Waals surface area contributed by atoms with Crippen LogP contribution in [0.25, 0.3) is 0 Å². The number of carbonyl (C=O) groups excluding carboxylic acids is 1. The van der Waals surface area contributed by atoms with Gasteiger partial charge in [0.15, 0.2) is 0 Å². The lowest BCUT2D eigenvalue weighted by atomic mass is 10.1. The molecule has 0 saturated carbocycles. The fourth-order valence-corrected chi connectivity index (χ4v) is 3.48. The maximum Gasteiger partial charge on any atom is 0.203 e. The van der Waals surface area contributed by atoms with Crippen molar-refractivity contribution >= 4 is 67.9 Å². The summed E-state index contributed by atoms with van der Waals surface area (Å²) in [5, 5.41) is 0.866. The molecule has 1 aromatic heterocycles. The smallest absolute Gasteiger partial charge is 0.203 e. The molecule has 1 nitrogen and oxygen atoms in total. The zero-order chi connectivity index (χ0) is 12.6. The Morgan fingerprint density at radius 3 is 2.12 bits per heavy atom. The van der Waals surface area contributed by atoms with Gasteiger partial charge < -0.3 is 0 Å². The average Bonchev–Trinajstić information content (AvgIpc) is 2.57. The minimum Gasteiger partial charge on any atom is -0.288 e. The van der Waals surface area contributed by atoms with E-state index < -0.39 is 0 Å². The highest BCUT2D eigenvalue weighted by Gasteiger charge is 2.15. The Hall–Kier alpha value is -0.0600. The van der Waals surface area contributed by atoms with E-state index in [9.17, 15) is 4.79 Å². The van der Waals surface area contributed by atoms with Crippen molar-refractivity contribution in [3.8, 4) is 0 Å². The highest BCUT2D eigenvalue weighted by Crippen LogP contribution is 2.33. The quantitative estimate of drug-likeness (QED) is 0.620.